The molecule has 0 unspecified atom stereocenters. The van der Waals surface area contributed by atoms with E-state index < -0.39 is 7.12 Å². The van der Waals surface area contributed by atoms with Crippen molar-refractivity contribution in [2.75, 3.05) is 0 Å². The number of fused-ring (bicyclic) bond motifs is 4. The fraction of sp³-hybridized carbons (Fsp3) is 0.214. The third kappa shape index (κ3) is 2.87. The lowest BCUT2D eigenvalue weighted by atomic mass is 9.72. The van der Waals surface area contributed by atoms with Crippen LogP contribution in [0.3, 0.4) is 0 Å². The molecule has 2 heterocycles. The zero-order chi connectivity index (χ0) is 22.1. The van der Waals surface area contributed by atoms with E-state index in [0.717, 1.165) is 5.46 Å². The van der Waals surface area contributed by atoms with Crippen LogP contribution in [0, 0.1) is 0 Å². The standard InChI is InChI=1S/C28H25BO2S/c1-27(2)28(3,4)31-29(30-27)22-16-17-24-26(21-13-7-8-15-23(21)32-24)25(22)20-14-9-11-18-10-5-6-12-19(18)20/h5-17H,1-4H3. The highest BCUT2D eigenvalue weighted by Crippen LogP contribution is 2.43. The topological polar surface area (TPSA) is 18.5 Å². The SMILES string of the molecule is CC1(C)OB(c2ccc3sc4ccccc4c3c2-c2cccc3ccccc23)OC1(C)C. The second-order valence-electron chi connectivity index (χ2n) is 9.62. The van der Waals surface area contributed by atoms with Crippen LogP contribution in [-0.4, -0.2) is 18.3 Å². The monoisotopic (exact) mass is 436 g/mol. The number of hydrogen-bond acceptors (Lipinski definition) is 3. The van der Waals surface area contributed by atoms with E-state index in [1.165, 1.54) is 42.1 Å². The molecule has 1 aliphatic rings. The van der Waals surface area contributed by atoms with Crippen molar-refractivity contribution in [1.29, 1.82) is 0 Å². The Kier molecular flexibility index (Phi) is 4.32. The van der Waals surface area contributed by atoms with Crippen LogP contribution in [0.1, 0.15) is 27.7 Å². The molecule has 1 aromatic heterocycles. The smallest absolute Gasteiger partial charge is 0.399 e. The van der Waals surface area contributed by atoms with Gasteiger partial charge >= 0.3 is 7.12 Å². The van der Waals surface area contributed by atoms with E-state index in [-0.39, 0.29) is 11.2 Å². The van der Waals surface area contributed by atoms with Crippen LogP contribution in [0.15, 0.2) is 78.9 Å². The van der Waals surface area contributed by atoms with Gasteiger partial charge in [0.2, 0.25) is 0 Å². The first-order chi connectivity index (χ1) is 15.4. The molecule has 32 heavy (non-hydrogen) atoms. The lowest BCUT2D eigenvalue weighted by Crippen LogP contribution is -2.41. The summed E-state index contributed by atoms with van der Waals surface area (Å²) >= 11 is 1.85. The number of rotatable bonds is 2. The zero-order valence-electron chi connectivity index (χ0n) is 18.8. The quantitative estimate of drug-likeness (QED) is 0.273. The van der Waals surface area contributed by atoms with Crippen LogP contribution in [0.2, 0.25) is 0 Å². The van der Waals surface area contributed by atoms with Gasteiger partial charge in [-0.05, 0) is 67.2 Å². The summed E-state index contributed by atoms with van der Waals surface area (Å²) in [6.45, 7) is 8.46. The Morgan fingerprint density at radius 1 is 0.656 bits per heavy atom. The van der Waals surface area contributed by atoms with Gasteiger partial charge < -0.3 is 9.31 Å². The summed E-state index contributed by atoms with van der Waals surface area (Å²) in [5.74, 6) is 0. The molecular weight excluding hydrogens is 411 g/mol. The van der Waals surface area contributed by atoms with Crippen LogP contribution < -0.4 is 5.46 Å². The minimum absolute atomic E-state index is 0.390. The Labute approximate surface area is 192 Å². The molecule has 0 aliphatic carbocycles. The highest BCUT2D eigenvalue weighted by Gasteiger charge is 2.52. The van der Waals surface area contributed by atoms with Crippen molar-refractivity contribution in [3.63, 3.8) is 0 Å². The molecule has 0 saturated carbocycles. The number of thiophene rings is 1. The summed E-state index contributed by atoms with van der Waals surface area (Å²) in [6.07, 6.45) is 0. The highest BCUT2D eigenvalue weighted by molar-refractivity contribution is 7.26. The van der Waals surface area contributed by atoms with Crippen molar-refractivity contribution in [1.82, 2.24) is 0 Å². The van der Waals surface area contributed by atoms with Gasteiger partial charge in [0.1, 0.15) is 0 Å². The summed E-state index contributed by atoms with van der Waals surface area (Å²) in [6, 6.07) is 28.3. The van der Waals surface area contributed by atoms with E-state index in [0.29, 0.717) is 0 Å². The second-order valence-corrected chi connectivity index (χ2v) is 10.7. The summed E-state index contributed by atoms with van der Waals surface area (Å²) in [5.41, 5.74) is 2.76. The van der Waals surface area contributed by atoms with Gasteiger partial charge in [0, 0.05) is 20.2 Å². The number of hydrogen-bond donors (Lipinski definition) is 0. The Hall–Kier alpha value is -2.66. The van der Waals surface area contributed by atoms with E-state index in [4.69, 9.17) is 9.31 Å². The maximum atomic E-state index is 6.54. The Bertz CT molecular complexity index is 1480. The van der Waals surface area contributed by atoms with Crippen molar-refractivity contribution >= 4 is 54.9 Å². The van der Waals surface area contributed by atoms with Crippen LogP contribution in [-0.2, 0) is 9.31 Å². The average Bonchev–Trinajstić information content (AvgIpc) is 3.26. The molecular formula is C28H25BO2S. The molecule has 0 N–H and O–H groups in total. The second kappa shape index (κ2) is 6.92. The lowest BCUT2D eigenvalue weighted by molar-refractivity contribution is 0.00578. The van der Waals surface area contributed by atoms with Crippen molar-refractivity contribution in [3.8, 4) is 11.1 Å². The molecule has 0 spiro atoms. The Morgan fingerprint density at radius 3 is 2.09 bits per heavy atom. The summed E-state index contributed by atoms with van der Waals surface area (Å²) in [7, 11) is -0.419. The normalized spacial score (nSPS) is 17.6. The predicted octanol–water partition coefficient (Wildman–Crippen LogP) is 7.17. The molecule has 158 valence electrons. The molecule has 0 bridgehead atoms. The molecule has 1 saturated heterocycles. The van der Waals surface area contributed by atoms with Gasteiger partial charge in [0.05, 0.1) is 11.2 Å². The van der Waals surface area contributed by atoms with E-state index >= 15 is 0 Å². The molecule has 5 aromatic rings. The Balaban J connectivity index is 1.72. The van der Waals surface area contributed by atoms with Crippen molar-refractivity contribution in [2.45, 2.75) is 38.9 Å². The van der Waals surface area contributed by atoms with Gasteiger partial charge in [0.15, 0.2) is 0 Å². The minimum atomic E-state index is -0.419. The van der Waals surface area contributed by atoms with Gasteiger partial charge in [-0.25, -0.2) is 0 Å². The molecule has 0 radical (unpaired) electrons. The molecule has 4 heteroatoms. The van der Waals surface area contributed by atoms with Gasteiger partial charge in [0.25, 0.3) is 0 Å². The summed E-state index contributed by atoms with van der Waals surface area (Å²) in [4.78, 5) is 0. The fourth-order valence-corrected chi connectivity index (χ4v) is 5.85. The molecule has 4 aromatic carbocycles. The first-order valence-corrected chi connectivity index (χ1v) is 12.0. The van der Waals surface area contributed by atoms with E-state index in [1.807, 2.05) is 11.3 Å². The highest BCUT2D eigenvalue weighted by atomic mass is 32.1. The van der Waals surface area contributed by atoms with Crippen LogP contribution >= 0.6 is 11.3 Å². The first-order valence-electron chi connectivity index (χ1n) is 11.1. The number of benzene rings is 4. The maximum Gasteiger partial charge on any atom is 0.495 e. The summed E-state index contributed by atoms with van der Waals surface area (Å²) in [5, 5.41) is 5.06. The maximum absolute atomic E-state index is 6.54. The molecule has 1 fully saturated rings. The van der Waals surface area contributed by atoms with E-state index in [2.05, 4.69) is 107 Å². The van der Waals surface area contributed by atoms with Gasteiger partial charge in [-0.1, -0.05) is 66.7 Å². The minimum Gasteiger partial charge on any atom is -0.399 e. The van der Waals surface area contributed by atoms with Crippen LogP contribution in [0.25, 0.3) is 42.1 Å². The predicted molar refractivity (Wildman–Crippen MR) is 138 cm³/mol. The van der Waals surface area contributed by atoms with Crippen molar-refractivity contribution in [2.24, 2.45) is 0 Å². The Morgan fingerprint density at radius 2 is 1.31 bits per heavy atom. The van der Waals surface area contributed by atoms with E-state index in [1.54, 1.807) is 0 Å². The molecule has 2 nitrogen and oxygen atoms in total. The van der Waals surface area contributed by atoms with Gasteiger partial charge in [-0.3, -0.25) is 0 Å². The largest absolute Gasteiger partial charge is 0.495 e. The van der Waals surface area contributed by atoms with Crippen LogP contribution in [0.5, 0.6) is 0 Å². The molecule has 0 atom stereocenters. The van der Waals surface area contributed by atoms with Gasteiger partial charge in [-0.15, -0.1) is 11.3 Å². The summed E-state index contributed by atoms with van der Waals surface area (Å²) < 4.78 is 15.7. The first kappa shape index (κ1) is 20.0. The lowest BCUT2D eigenvalue weighted by Gasteiger charge is -2.32. The van der Waals surface area contributed by atoms with E-state index in [9.17, 15) is 0 Å². The van der Waals surface area contributed by atoms with Crippen molar-refractivity contribution < 1.29 is 9.31 Å². The average molecular weight is 436 g/mol. The van der Waals surface area contributed by atoms with Crippen LogP contribution in [0.4, 0.5) is 0 Å². The van der Waals surface area contributed by atoms with Crippen molar-refractivity contribution in [3.05, 3.63) is 78.9 Å². The zero-order valence-corrected chi connectivity index (χ0v) is 19.6. The fourth-order valence-electron chi connectivity index (χ4n) is 4.73. The molecule has 0 amide bonds. The third-order valence-corrected chi connectivity index (χ3v) is 8.28. The molecule has 1 aliphatic heterocycles. The third-order valence-electron chi connectivity index (χ3n) is 7.14. The molecule has 6 rings (SSSR count). The van der Waals surface area contributed by atoms with Gasteiger partial charge in [-0.2, -0.15) is 0 Å².